The quantitative estimate of drug-likeness (QED) is 0.792. The van der Waals surface area contributed by atoms with Gasteiger partial charge in [-0.25, -0.2) is 9.78 Å². The van der Waals surface area contributed by atoms with Gasteiger partial charge < -0.3 is 13.9 Å². The first-order chi connectivity index (χ1) is 9.34. The van der Waals surface area contributed by atoms with E-state index in [1.54, 1.807) is 0 Å². The lowest BCUT2D eigenvalue weighted by atomic mass is 9.94. The normalized spacial score (nSPS) is 17.4. The van der Waals surface area contributed by atoms with Crippen molar-refractivity contribution in [3.05, 3.63) is 48.2 Å². The summed E-state index contributed by atoms with van der Waals surface area (Å²) in [7, 11) is 0. The van der Waals surface area contributed by atoms with Gasteiger partial charge in [-0.1, -0.05) is 18.2 Å². The summed E-state index contributed by atoms with van der Waals surface area (Å²) < 4.78 is 15.6. The number of carbonyl (C=O) groups excluding carboxylic acids is 1. The molecule has 0 aliphatic carbocycles. The summed E-state index contributed by atoms with van der Waals surface area (Å²) in [6, 6.07) is 7.83. The lowest BCUT2D eigenvalue weighted by Crippen LogP contribution is -2.20. The Morgan fingerprint density at radius 1 is 1.42 bits per heavy atom. The molecular weight excluding hydrogens is 246 g/mol. The highest BCUT2D eigenvalue weighted by Gasteiger charge is 2.23. The van der Waals surface area contributed by atoms with Crippen LogP contribution in [0.15, 0.2) is 41.3 Å². The minimum Gasteiger partial charge on any atom is -0.493 e. The Morgan fingerprint density at radius 3 is 3.16 bits per heavy atom. The smallest absolute Gasteiger partial charge is 0.360 e. The van der Waals surface area contributed by atoms with Crippen LogP contribution in [0.2, 0.25) is 0 Å². The zero-order valence-electron chi connectivity index (χ0n) is 10.2. The Bertz CT molecular complexity index is 565. The van der Waals surface area contributed by atoms with Crippen molar-refractivity contribution in [1.29, 1.82) is 0 Å². The molecule has 0 spiro atoms. The molecule has 3 rings (SSSR count). The highest BCUT2D eigenvalue weighted by Crippen LogP contribution is 2.33. The number of esters is 1. The van der Waals surface area contributed by atoms with Gasteiger partial charge in [-0.05, 0) is 12.5 Å². The average Bonchev–Trinajstić information content (AvgIpc) is 2.99. The summed E-state index contributed by atoms with van der Waals surface area (Å²) in [5.74, 6) is 0.578. The molecular formula is C14H13NO4. The number of aromatic nitrogens is 1. The SMILES string of the molecule is O=C(OC[C@@H]1CCOc2ccccc21)c1cocn1. The summed E-state index contributed by atoms with van der Waals surface area (Å²) in [5, 5.41) is 0. The van der Waals surface area contributed by atoms with Gasteiger partial charge in [-0.15, -0.1) is 0 Å². The first kappa shape index (κ1) is 11.8. The maximum absolute atomic E-state index is 11.7. The zero-order chi connectivity index (χ0) is 13.1. The van der Waals surface area contributed by atoms with Gasteiger partial charge in [0.05, 0.1) is 13.2 Å². The standard InChI is InChI=1S/C14H13NO4/c16-14(12-8-17-9-15-12)19-7-10-5-6-18-13-4-2-1-3-11(10)13/h1-4,8-10H,5-7H2/t10-/m0/s1. The Morgan fingerprint density at radius 2 is 2.32 bits per heavy atom. The first-order valence-electron chi connectivity index (χ1n) is 6.11. The van der Waals surface area contributed by atoms with Crippen molar-refractivity contribution in [2.75, 3.05) is 13.2 Å². The Kier molecular flexibility index (Phi) is 3.18. The highest BCUT2D eigenvalue weighted by atomic mass is 16.5. The molecule has 1 aliphatic heterocycles. The third-order valence-electron chi connectivity index (χ3n) is 3.14. The molecule has 2 heterocycles. The largest absolute Gasteiger partial charge is 0.493 e. The fraction of sp³-hybridized carbons (Fsp3) is 0.286. The van der Waals surface area contributed by atoms with Crippen molar-refractivity contribution in [2.45, 2.75) is 12.3 Å². The number of benzene rings is 1. The molecule has 0 saturated carbocycles. The van der Waals surface area contributed by atoms with Gasteiger partial charge in [-0.3, -0.25) is 0 Å². The molecule has 1 atom stereocenters. The molecule has 19 heavy (non-hydrogen) atoms. The lowest BCUT2D eigenvalue weighted by molar-refractivity contribution is 0.0452. The van der Waals surface area contributed by atoms with Crippen LogP contribution in [-0.4, -0.2) is 24.2 Å². The highest BCUT2D eigenvalue weighted by molar-refractivity contribution is 5.86. The van der Waals surface area contributed by atoms with Gasteiger partial charge in [0.25, 0.3) is 0 Å². The molecule has 2 aromatic rings. The summed E-state index contributed by atoms with van der Waals surface area (Å²) in [5.41, 5.74) is 1.28. The van der Waals surface area contributed by atoms with Crippen molar-refractivity contribution in [3.8, 4) is 5.75 Å². The molecule has 1 aliphatic rings. The Hall–Kier alpha value is -2.30. The fourth-order valence-corrected chi connectivity index (χ4v) is 2.15. The van der Waals surface area contributed by atoms with Crippen LogP contribution in [0, 0.1) is 0 Å². The number of rotatable bonds is 3. The molecule has 0 amide bonds. The molecule has 0 saturated heterocycles. The van der Waals surface area contributed by atoms with Crippen LogP contribution in [-0.2, 0) is 4.74 Å². The predicted molar refractivity (Wildman–Crippen MR) is 66.1 cm³/mol. The van der Waals surface area contributed by atoms with Crippen LogP contribution in [0.4, 0.5) is 0 Å². The number of carbonyl (C=O) groups is 1. The van der Waals surface area contributed by atoms with E-state index < -0.39 is 5.97 Å². The van der Waals surface area contributed by atoms with E-state index in [2.05, 4.69) is 4.98 Å². The zero-order valence-corrected chi connectivity index (χ0v) is 10.2. The van der Waals surface area contributed by atoms with E-state index in [-0.39, 0.29) is 11.6 Å². The number of ether oxygens (including phenoxy) is 2. The van der Waals surface area contributed by atoms with E-state index in [4.69, 9.17) is 13.9 Å². The molecule has 0 fully saturated rings. The number of hydrogen-bond donors (Lipinski definition) is 0. The van der Waals surface area contributed by atoms with Crippen molar-refractivity contribution < 1.29 is 18.7 Å². The predicted octanol–water partition coefficient (Wildman–Crippen LogP) is 2.40. The first-order valence-corrected chi connectivity index (χ1v) is 6.11. The summed E-state index contributed by atoms with van der Waals surface area (Å²) in [4.78, 5) is 15.4. The minimum atomic E-state index is -0.460. The lowest BCUT2D eigenvalue weighted by Gasteiger charge is -2.25. The van der Waals surface area contributed by atoms with E-state index >= 15 is 0 Å². The number of oxazole rings is 1. The maximum Gasteiger partial charge on any atom is 0.360 e. The van der Waals surface area contributed by atoms with Crippen LogP contribution in [0.3, 0.4) is 0 Å². The van der Waals surface area contributed by atoms with Crippen molar-refractivity contribution >= 4 is 5.97 Å². The molecule has 0 N–H and O–H groups in total. The molecule has 5 heteroatoms. The summed E-state index contributed by atoms with van der Waals surface area (Å²) in [6.45, 7) is 0.968. The van der Waals surface area contributed by atoms with Gasteiger partial charge >= 0.3 is 5.97 Å². The van der Waals surface area contributed by atoms with Gasteiger partial charge in [0.15, 0.2) is 12.1 Å². The second kappa shape index (κ2) is 5.14. The van der Waals surface area contributed by atoms with Gasteiger partial charge in [0.1, 0.15) is 12.0 Å². The molecule has 0 unspecified atom stereocenters. The number of hydrogen-bond acceptors (Lipinski definition) is 5. The number of para-hydroxylation sites is 1. The number of fused-ring (bicyclic) bond motifs is 1. The van der Waals surface area contributed by atoms with Gasteiger partial charge in [0, 0.05) is 11.5 Å². The topological polar surface area (TPSA) is 61.6 Å². The minimum absolute atomic E-state index is 0.167. The molecule has 1 aromatic carbocycles. The number of nitrogens with zero attached hydrogens (tertiary/aromatic N) is 1. The molecule has 98 valence electrons. The molecule has 0 radical (unpaired) electrons. The van der Waals surface area contributed by atoms with E-state index in [9.17, 15) is 4.79 Å². The van der Waals surface area contributed by atoms with E-state index in [1.807, 2.05) is 24.3 Å². The second-order valence-corrected chi connectivity index (χ2v) is 4.34. The Balaban J connectivity index is 1.67. The van der Waals surface area contributed by atoms with Crippen molar-refractivity contribution in [3.63, 3.8) is 0 Å². The van der Waals surface area contributed by atoms with Crippen LogP contribution >= 0.6 is 0 Å². The van der Waals surface area contributed by atoms with E-state index in [1.165, 1.54) is 12.7 Å². The van der Waals surface area contributed by atoms with Crippen LogP contribution in [0.25, 0.3) is 0 Å². The maximum atomic E-state index is 11.7. The molecule has 5 nitrogen and oxygen atoms in total. The average molecular weight is 259 g/mol. The van der Waals surface area contributed by atoms with Crippen LogP contribution in [0.1, 0.15) is 28.4 Å². The summed E-state index contributed by atoms with van der Waals surface area (Å²) >= 11 is 0. The third-order valence-corrected chi connectivity index (χ3v) is 3.14. The van der Waals surface area contributed by atoms with Crippen LogP contribution < -0.4 is 4.74 Å². The van der Waals surface area contributed by atoms with Gasteiger partial charge in [0.2, 0.25) is 0 Å². The second-order valence-electron chi connectivity index (χ2n) is 4.34. The summed E-state index contributed by atoms with van der Waals surface area (Å²) in [6.07, 6.45) is 3.32. The molecule has 0 bridgehead atoms. The van der Waals surface area contributed by atoms with E-state index in [0.717, 1.165) is 17.7 Å². The Labute approximate surface area is 110 Å². The van der Waals surface area contributed by atoms with Crippen LogP contribution in [0.5, 0.6) is 5.75 Å². The van der Waals surface area contributed by atoms with Crippen molar-refractivity contribution in [2.24, 2.45) is 0 Å². The molecule has 1 aromatic heterocycles. The third kappa shape index (κ3) is 2.45. The van der Waals surface area contributed by atoms with E-state index in [0.29, 0.717) is 13.2 Å². The van der Waals surface area contributed by atoms with Crippen molar-refractivity contribution in [1.82, 2.24) is 4.98 Å². The monoisotopic (exact) mass is 259 g/mol. The fourth-order valence-electron chi connectivity index (χ4n) is 2.15. The van der Waals surface area contributed by atoms with Gasteiger partial charge in [-0.2, -0.15) is 0 Å².